The van der Waals surface area contributed by atoms with Gasteiger partial charge in [0, 0.05) is 32.0 Å². The van der Waals surface area contributed by atoms with Gasteiger partial charge >= 0.3 is 0 Å². The third-order valence-corrected chi connectivity index (χ3v) is 3.77. The van der Waals surface area contributed by atoms with Gasteiger partial charge in [-0.15, -0.1) is 11.6 Å². The lowest BCUT2D eigenvalue weighted by Gasteiger charge is -2.30. The van der Waals surface area contributed by atoms with Crippen LogP contribution in [-0.2, 0) is 9.53 Å². The Bertz CT molecular complexity index is 227. The van der Waals surface area contributed by atoms with Crippen LogP contribution in [0.25, 0.3) is 0 Å². The number of amides is 1. The van der Waals surface area contributed by atoms with Crippen molar-refractivity contribution < 1.29 is 9.53 Å². The topological polar surface area (TPSA) is 29.5 Å². The molecule has 0 radical (unpaired) electrons. The molecule has 1 aliphatic carbocycles. The van der Waals surface area contributed by atoms with Crippen LogP contribution < -0.4 is 0 Å². The third-order valence-electron chi connectivity index (χ3n) is 3.60. The van der Waals surface area contributed by atoms with Crippen molar-refractivity contribution in [2.24, 2.45) is 11.8 Å². The molecule has 0 bridgehead atoms. The summed E-state index contributed by atoms with van der Waals surface area (Å²) in [7, 11) is 1.66. The maximum Gasteiger partial charge on any atom is 0.225 e. The van der Waals surface area contributed by atoms with Gasteiger partial charge < -0.3 is 9.64 Å². The first-order valence-corrected chi connectivity index (χ1v) is 7.06. The number of methoxy groups -OCH3 is 1. The Kier molecular flexibility index (Phi) is 6.90. The highest BCUT2D eigenvalue weighted by Gasteiger charge is 2.27. The molecule has 3 nitrogen and oxygen atoms in total. The van der Waals surface area contributed by atoms with E-state index in [2.05, 4.69) is 6.92 Å². The van der Waals surface area contributed by atoms with Gasteiger partial charge in [-0.3, -0.25) is 4.79 Å². The molecule has 0 saturated heterocycles. The quantitative estimate of drug-likeness (QED) is 0.688. The van der Waals surface area contributed by atoms with Crippen LogP contribution in [0.15, 0.2) is 0 Å². The highest BCUT2D eigenvalue weighted by molar-refractivity contribution is 6.18. The average molecular weight is 262 g/mol. The fourth-order valence-electron chi connectivity index (χ4n) is 2.40. The molecule has 0 aromatic rings. The lowest BCUT2D eigenvalue weighted by molar-refractivity contribution is -0.137. The van der Waals surface area contributed by atoms with Crippen molar-refractivity contribution in [2.75, 3.05) is 32.7 Å². The Morgan fingerprint density at radius 2 is 1.94 bits per heavy atom. The number of carbonyl (C=O) groups excluding carboxylic acids is 1. The summed E-state index contributed by atoms with van der Waals surface area (Å²) in [4.78, 5) is 14.2. The second kappa shape index (κ2) is 7.93. The van der Waals surface area contributed by atoms with Gasteiger partial charge in [0.05, 0.1) is 6.61 Å². The van der Waals surface area contributed by atoms with Crippen LogP contribution in [0.2, 0.25) is 0 Å². The number of ether oxygens (including phenoxy) is 1. The van der Waals surface area contributed by atoms with E-state index in [9.17, 15) is 4.79 Å². The number of hydrogen-bond donors (Lipinski definition) is 0. The molecular formula is C13H24ClNO2. The van der Waals surface area contributed by atoms with E-state index in [1.54, 1.807) is 7.11 Å². The van der Waals surface area contributed by atoms with Crippen LogP contribution in [0.1, 0.15) is 32.6 Å². The van der Waals surface area contributed by atoms with Gasteiger partial charge in [-0.25, -0.2) is 0 Å². The first-order chi connectivity index (χ1) is 8.19. The second-order valence-electron chi connectivity index (χ2n) is 4.96. The Morgan fingerprint density at radius 3 is 2.47 bits per heavy atom. The molecule has 0 unspecified atom stereocenters. The van der Waals surface area contributed by atoms with Gasteiger partial charge in [-0.1, -0.05) is 6.92 Å². The highest BCUT2D eigenvalue weighted by Crippen LogP contribution is 2.29. The van der Waals surface area contributed by atoms with Gasteiger partial charge in [-0.05, 0) is 31.6 Å². The molecule has 1 amide bonds. The predicted molar refractivity (Wildman–Crippen MR) is 70.3 cm³/mol. The van der Waals surface area contributed by atoms with Crippen molar-refractivity contribution in [2.45, 2.75) is 32.6 Å². The van der Waals surface area contributed by atoms with Crippen molar-refractivity contribution in [1.29, 1.82) is 0 Å². The van der Waals surface area contributed by atoms with E-state index in [1.165, 1.54) is 12.8 Å². The molecule has 1 rings (SSSR count). The van der Waals surface area contributed by atoms with Crippen LogP contribution in [0.3, 0.4) is 0 Å². The van der Waals surface area contributed by atoms with E-state index in [0.29, 0.717) is 25.6 Å². The van der Waals surface area contributed by atoms with Crippen molar-refractivity contribution in [1.82, 2.24) is 4.90 Å². The Hall–Kier alpha value is -0.280. The molecule has 1 aliphatic rings. The zero-order valence-corrected chi connectivity index (χ0v) is 11.7. The summed E-state index contributed by atoms with van der Waals surface area (Å²) in [5.74, 6) is 1.76. The van der Waals surface area contributed by atoms with Gasteiger partial charge in [-0.2, -0.15) is 0 Å². The zero-order valence-electron chi connectivity index (χ0n) is 11.0. The molecule has 1 fully saturated rings. The largest absolute Gasteiger partial charge is 0.383 e. The molecule has 0 aromatic carbocycles. The number of carbonyl (C=O) groups is 1. The Morgan fingerprint density at radius 1 is 1.29 bits per heavy atom. The first-order valence-electron chi connectivity index (χ1n) is 6.52. The van der Waals surface area contributed by atoms with E-state index in [1.807, 2.05) is 4.90 Å². The number of alkyl halides is 1. The molecule has 0 heterocycles. The highest BCUT2D eigenvalue weighted by atomic mass is 35.5. The minimum absolute atomic E-state index is 0.214. The van der Waals surface area contributed by atoms with Crippen molar-refractivity contribution >= 4 is 17.5 Å². The van der Waals surface area contributed by atoms with Crippen LogP contribution in [0, 0.1) is 11.8 Å². The lowest BCUT2D eigenvalue weighted by atomic mass is 9.82. The molecule has 0 aromatic heterocycles. The van der Waals surface area contributed by atoms with Crippen LogP contribution in [-0.4, -0.2) is 43.5 Å². The Balaban J connectivity index is 2.45. The van der Waals surface area contributed by atoms with E-state index in [4.69, 9.17) is 16.3 Å². The molecular weight excluding hydrogens is 238 g/mol. The van der Waals surface area contributed by atoms with Gasteiger partial charge in [0.1, 0.15) is 0 Å². The fourth-order valence-corrected chi connectivity index (χ4v) is 2.60. The van der Waals surface area contributed by atoms with Crippen molar-refractivity contribution in [3.05, 3.63) is 0 Å². The molecule has 17 heavy (non-hydrogen) atoms. The van der Waals surface area contributed by atoms with Gasteiger partial charge in [0.2, 0.25) is 5.91 Å². The standard InChI is InChI=1S/C13H24ClNO2/c1-11-3-5-12(6-4-11)13(16)15(8-7-14)9-10-17-2/h11-12H,3-10H2,1-2H3. The van der Waals surface area contributed by atoms with E-state index < -0.39 is 0 Å². The fraction of sp³-hybridized carbons (Fsp3) is 0.923. The van der Waals surface area contributed by atoms with Crippen molar-refractivity contribution in [3.63, 3.8) is 0 Å². The van der Waals surface area contributed by atoms with Crippen LogP contribution >= 0.6 is 11.6 Å². The predicted octanol–water partition coefficient (Wildman–Crippen LogP) is 2.53. The number of rotatable bonds is 6. The number of halogens is 1. The molecule has 0 aliphatic heterocycles. The van der Waals surface area contributed by atoms with Gasteiger partial charge in [0.15, 0.2) is 0 Å². The lowest BCUT2D eigenvalue weighted by Crippen LogP contribution is -2.40. The van der Waals surface area contributed by atoms with E-state index in [0.717, 1.165) is 18.8 Å². The molecule has 4 heteroatoms. The van der Waals surface area contributed by atoms with Crippen LogP contribution in [0.5, 0.6) is 0 Å². The molecule has 100 valence electrons. The monoisotopic (exact) mass is 261 g/mol. The summed E-state index contributed by atoms with van der Waals surface area (Å²) in [5, 5.41) is 0. The summed E-state index contributed by atoms with van der Waals surface area (Å²) < 4.78 is 5.04. The molecule has 1 saturated carbocycles. The maximum absolute atomic E-state index is 12.3. The normalized spacial score (nSPS) is 24.6. The zero-order chi connectivity index (χ0) is 12.7. The molecule has 0 N–H and O–H groups in total. The van der Waals surface area contributed by atoms with E-state index >= 15 is 0 Å². The minimum atomic E-state index is 0.214. The van der Waals surface area contributed by atoms with Crippen LogP contribution in [0.4, 0.5) is 0 Å². The SMILES string of the molecule is COCCN(CCCl)C(=O)C1CCC(C)CC1. The third kappa shape index (κ3) is 4.84. The van der Waals surface area contributed by atoms with E-state index in [-0.39, 0.29) is 11.8 Å². The maximum atomic E-state index is 12.3. The number of nitrogens with zero attached hydrogens (tertiary/aromatic N) is 1. The summed E-state index contributed by atoms with van der Waals surface area (Å²) >= 11 is 5.75. The molecule has 0 spiro atoms. The second-order valence-corrected chi connectivity index (χ2v) is 5.34. The smallest absolute Gasteiger partial charge is 0.225 e. The summed E-state index contributed by atoms with van der Waals surface area (Å²) in [5.41, 5.74) is 0. The molecule has 0 atom stereocenters. The average Bonchev–Trinajstić information content (AvgIpc) is 2.34. The minimum Gasteiger partial charge on any atom is -0.383 e. The summed E-state index contributed by atoms with van der Waals surface area (Å²) in [6, 6.07) is 0. The number of hydrogen-bond acceptors (Lipinski definition) is 2. The first kappa shape index (κ1) is 14.8. The summed E-state index contributed by atoms with van der Waals surface area (Å²) in [6.07, 6.45) is 4.42. The Labute approximate surface area is 109 Å². The van der Waals surface area contributed by atoms with Crippen molar-refractivity contribution in [3.8, 4) is 0 Å². The van der Waals surface area contributed by atoms with Gasteiger partial charge in [0.25, 0.3) is 0 Å². The summed E-state index contributed by atoms with van der Waals surface area (Å²) in [6.45, 7) is 4.15.